The molecule has 1 aliphatic rings. The molecule has 2 aromatic rings. The highest BCUT2D eigenvalue weighted by Crippen LogP contribution is 2.39. The van der Waals surface area contributed by atoms with Crippen molar-refractivity contribution in [3.8, 4) is 0 Å². The summed E-state index contributed by atoms with van der Waals surface area (Å²) in [5.74, 6) is -1.06. The van der Waals surface area contributed by atoms with Crippen molar-refractivity contribution in [3.63, 3.8) is 0 Å². The normalized spacial score (nSPS) is 14.5. The molecule has 0 spiro atoms. The molecule has 10 heteroatoms. The third-order valence-corrected chi connectivity index (χ3v) is 6.46. The number of esters is 1. The lowest BCUT2D eigenvalue weighted by Crippen LogP contribution is -2.28. The second kappa shape index (κ2) is 8.41. The lowest BCUT2D eigenvalue weighted by molar-refractivity contribution is -0.142. The molecule has 1 amide bonds. The molecule has 164 valence electrons. The molecule has 0 aliphatic heterocycles. The first-order chi connectivity index (χ1) is 14.1. The van der Waals surface area contributed by atoms with Crippen LogP contribution >= 0.6 is 11.3 Å². The van der Waals surface area contributed by atoms with Crippen molar-refractivity contribution in [2.24, 2.45) is 0 Å². The predicted octanol–water partition coefficient (Wildman–Crippen LogP) is 4.70. The Bertz CT molecular complexity index is 978. The number of alkyl halides is 3. The van der Waals surface area contributed by atoms with Gasteiger partial charge in [-0.15, -0.1) is 11.3 Å². The highest BCUT2D eigenvalue weighted by Gasteiger charge is 2.41. The maximum Gasteiger partial charge on any atom is 0.435 e. The van der Waals surface area contributed by atoms with E-state index in [0.29, 0.717) is 41.9 Å². The number of anilines is 1. The van der Waals surface area contributed by atoms with Crippen LogP contribution in [0.2, 0.25) is 0 Å². The third-order valence-electron chi connectivity index (χ3n) is 5.40. The number of hydrogen-bond acceptors (Lipinski definition) is 5. The number of fused-ring (bicyclic) bond motifs is 1. The van der Waals surface area contributed by atoms with Gasteiger partial charge in [-0.1, -0.05) is 13.8 Å². The summed E-state index contributed by atoms with van der Waals surface area (Å²) in [6.07, 6.45) is -2.36. The largest absolute Gasteiger partial charge is 0.465 e. The van der Waals surface area contributed by atoms with Gasteiger partial charge in [-0.25, -0.2) is 4.79 Å². The van der Waals surface area contributed by atoms with Crippen molar-refractivity contribution >= 4 is 28.2 Å². The number of nitrogens with zero attached hydrogens (tertiary/aromatic N) is 2. The molecule has 1 N–H and O–H groups in total. The van der Waals surface area contributed by atoms with Crippen LogP contribution in [0.5, 0.6) is 0 Å². The van der Waals surface area contributed by atoms with Gasteiger partial charge in [0.25, 0.3) is 0 Å². The van der Waals surface area contributed by atoms with Gasteiger partial charge in [0, 0.05) is 16.1 Å². The van der Waals surface area contributed by atoms with Crippen LogP contribution < -0.4 is 5.32 Å². The van der Waals surface area contributed by atoms with E-state index in [1.807, 2.05) is 13.8 Å². The van der Waals surface area contributed by atoms with Crippen LogP contribution in [0, 0.1) is 6.92 Å². The maximum absolute atomic E-state index is 13.4. The van der Waals surface area contributed by atoms with Gasteiger partial charge in [0.1, 0.15) is 11.0 Å². The zero-order chi connectivity index (χ0) is 22.2. The van der Waals surface area contributed by atoms with Gasteiger partial charge in [-0.3, -0.25) is 9.48 Å². The van der Waals surface area contributed by atoms with Crippen LogP contribution in [0.15, 0.2) is 0 Å². The van der Waals surface area contributed by atoms with Crippen LogP contribution in [-0.2, 0) is 35.0 Å². The minimum Gasteiger partial charge on any atom is -0.465 e. The van der Waals surface area contributed by atoms with Crippen LogP contribution in [0.3, 0.4) is 0 Å². The summed E-state index contributed by atoms with van der Waals surface area (Å²) >= 11 is 1.25. The van der Waals surface area contributed by atoms with Gasteiger partial charge in [0.2, 0.25) is 5.91 Å². The van der Waals surface area contributed by atoms with Gasteiger partial charge in [-0.05, 0) is 44.6 Å². The van der Waals surface area contributed by atoms with Crippen molar-refractivity contribution in [2.45, 2.75) is 65.1 Å². The van der Waals surface area contributed by atoms with Gasteiger partial charge in [-0.2, -0.15) is 18.3 Å². The summed E-state index contributed by atoms with van der Waals surface area (Å²) in [5, 5.41) is 6.89. The van der Waals surface area contributed by atoms with Gasteiger partial charge >= 0.3 is 12.1 Å². The third kappa shape index (κ3) is 3.84. The Kier molecular flexibility index (Phi) is 6.26. The number of carbonyl (C=O) groups is 2. The van der Waals surface area contributed by atoms with Gasteiger partial charge in [0.15, 0.2) is 5.69 Å². The number of rotatable bonds is 6. The Morgan fingerprint density at radius 1 is 1.30 bits per heavy atom. The quantitative estimate of drug-likeness (QED) is 0.657. The summed E-state index contributed by atoms with van der Waals surface area (Å²) in [4.78, 5) is 26.2. The van der Waals surface area contributed by atoms with Gasteiger partial charge in [0.05, 0.1) is 12.7 Å². The minimum absolute atomic E-state index is 0.184. The fourth-order valence-corrected chi connectivity index (χ4v) is 5.16. The SMILES string of the molecule is CCc1c(C)sc(NC(=O)C(CC)n2nc(C(F)(F)F)c3c2CCC3)c1C(=O)OC. The summed E-state index contributed by atoms with van der Waals surface area (Å²) in [7, 11) is 1.26. The standard InChI is InChI=1S/C20H24F3N3O3S/c1-5-11-10(3)30-18(15(11)19(28)29-4)24-17(27)13(6-2)26-14-9-7-8-12(14)16(25-26)20(21,22)23/h13H,5-9H2,1-4H3,(H,24,27). The molecule has 0 aromatic carbocycles. The number of halogens is 3. The molecule has 6 nitrogen and oxygen atoms in total. The zero-order valence-corrected chi connectivity index (χ0v) is 18.1. The van der Waals surface area contributed by atoms with E-state index in [4.69, 9.17) is 4.74 Å². The topological polar surface area (TPSA) is 73.2 Å². The van der Waals surface area contributed by atoms with Crippen LogP contribution in [-0.4, -0.2) is 28.8 Å². The number of carbonyl (C=O) groups excluding carboxylic acids is 2. The van der Waals surface area contributed by atoms with E-state index >= 15 is 0 Å². The Labute approximate surface area is 176 Å². The zero-order valence-electron chi connectivity index (χ0n) is 17.3. The molecule has 1 unspecified atom stereocenters. The molecule has 2 heterocycles. The van der Waals surface area contributed by atoms with E-state index < -0.39 is 29.8 Å². The number of ether oxygens (including phenoxy) is 1. The molecule has 1 atom stereocenters. The Balaban J connectivity index is 1.98. The number of nitrogens with one attached hydrogen (secondary N) is 1. The first-order valence-corrected chi connectivity index (χ1v) is 10.6. The monoisotopic (exact) mass is 443 g/mol. The number of methoxy groups -OCH3 is 1. The predicted molar refractivity (Wildman–Crippen MR) is 107 cm³/mol. The number of aryl methyl sites for hydroxylation is 1. The molecule has 0 saturated carbocycles. The van der Waals surface area contributed by atoms with E-state index in [1.165, 1.54) is 23.1 Å². The highest BCUT2D eigenvalue weighted by atomic mass is 32.1. The van der Waals surface area contributed by atoms with E-state index in [0.717, 1.165) is 10.4 Å². The van der Waals surface area contributed by atoms with Crippen molar-refractivity contribution in [1.29, 1.82) is 0 Å². The van der Waals surface area contributed by atoms with Crippen molar-refractivity contribution in [1.82, 2.24) is 9.78 Å². The van der Waals surface area contributed by atoms with E-state index in [1.54, 1.807) is 6.92 Å². The van der Waals surface area contributed by atoms with E-state index in [2.05, 4.69) is 10.4 Å². The molecule has 3 rings (SSSR count). The second-order valence-corrected chi connectivity index (χ2v) is 8.39. The van der Waals surface area contributed by atoms with Crippen LogP contribution in [0.1, 0.15) is 70.5 Å². The Morgan fingerprint density at radius 3 is 2.57 bits per heavy atom. The lowest BCUT2D eigenvalue weighted by Gasteiger charge is -2.18. The smallest absolute Gasteiger partial charge is 0.435 e. The van der Waals surface area contributed by atoms with E-state index in [9.17, 15) is 22.8 Å². The van der Waals surface area contributed by atoms with E-state index in [-0.39, 0.29) is 12.0 Å². The Morgan fingerprint density at radius 2 is 2.00 bits per heavy atom. The summed E-state index contributed by atoms with van der Waals surface area (Å²) in [6, 6.07) is -0.911. The molecular weight excluding hydrogens is 419 g/mol. The lowest BCUT2D eigenvalue weighted by atomic mass is 10.1. The molecule has 0 saturated heterocycles. The number of thiophene rings is 1. The molecule has 0 bridgehead atoms. The molecule has 0 radical (unpaired) electrons. The first-order valence-electron chi connectivity index (χ1n) is 9.82. The molecular formula is C20H24F3N3O3S. The first kappa shape index (κ1) is 22.3. The number of amides is 1. The molecule has 1 aliphatic carbocycles. The summed E-state index contributed by atoms with van der Waals surface area (Å²) in [5.41, 5.74) is 0.831. The number of aromatic nitrogens is 2. The molecule has 30 heavy (non-hydrogen) atoms. The fourth-order valence-electron chi connectivity index (χ4n) is 4.02. The maximum atomic E-state index is 13.4. The second-order valence-electron chi connectivity index (χ2n) is 7.17. The van der Waals surface area contributed by atoms with Crippen molar-refractivity contribution in [3.05, 3.63) is 33.0 Å². The fraction of sp³-hybridized carbons (Fsp3) is 0.550. The van der Waals surface area contributed by atoms with Crippen molar-refractivity contribution < 1.29 is 27.5 Å². The average Bonchev–Trinajstić information content (AvgIpc) is 3.35. The van der Waals surface area contributed by atoms with Crippen molar-refractivity contribution in [2.75, 3.05) is 12.4 Å². The average molecular weight is 443 g/mol. The molecule has 2 aromatic heterocycles. The number of hydrogen-bond donors (Lipinski definition) is 1. The van der Waals surface area contributed by atoms with Crippen LogP contribution in [0.4, 0.5) is 18.2 Å². The summed E-state index contributed by atoms with van der Waals surface area (Å²) in [6.45, 7) is 5.46. The summed E-state index contributed by atoms with van der Waals surface area (Å²) < 4.78 is 46.3. The minimum atomic E-state index is -4.56. The highest BCUT2D eigenvalue weighted by molar-refractivity contribution is 7.16. The Hall–Kier alpha value is -2.36. The van der Waals surface area contributed by atoms with Gasteiger partial charge < -0.3 is 10.1 Å². The molecule has 0 fully saturated rings. The van der Waals surface area contributed by atoms with Crippen LogP contribution in [0.25, 0.3) is 0 Å².